The summed E-state index contributed by atoms with van der Waals surface area (Å²) in [5, 5.41) is 8.38. The standard InChI is InChI=1S/C23H21FN4O2/c1-14-11-20(26-23-18(14)5-4-6-19(23)30-3)28-21(12-15(2)27-28)25-22(29)13-16-7-9-17(24)10-8-16/h4-12H,13H2,1-3H3,(H,25,29). The molecule has 7 heteroatoms. The van der Waals surface area contributed by atoms with Gasteiger partial charge >= 0.3 is 0 Å². The van der Waals surface area contributed by atoms with Gasteiger partial charge in [-0.05, 0) is 49.2 Å². The van der Waals surface area contributed by atoms with Crippen LogP contribution in [0.1, 0.15) is 16.8 Å². The summed E-state index contributed by atoms with van der Waals surface area (Å²) >= 11 is 0. The van der Waals surface area contributed by atoms with Crippen LogP contribution in [0.2, 0.25) is 0 Å². The molecule has 0 unspecified atom stereocenters. The van der Waals surface area contributed by atoms with Gasteiger partial charge in [0.05, 0.1) is 19.2 Å². The average Bonchev–Trinajstić information content (AvgIpc) is 3.09. The first kappa shape index (κ1) is 19.6. The maximum atomic E-state index is 13.1. The molecule has 0 bridgehead atoms. The largest absolute Gasteiger partial charge is 0.494 e. The Morgan fingerprint density at radius 1 is 1.13 bits per heavy atom. The lowest BCUT2D eigenvalue weighted by atomic mass is 10.1. The number of para-hydroxylation sites is 1. The molecule has 30 heavy (non-hydrogen) atoms. The van der Waals surface area contributed by atoms with Crippen molar-refractivity contribution in [2.45, 2.75) is 20.3 Å². The minimum Gasteiger partial charge on any atom is -0.494 e. The number of methoxy groups -OCH3 is 1. The van der Waals surface area contributed by atoms with Gasteiger partial charge in [0.15, 0.2) is 5.82 Å². The van der Waals surface area contributed by atoms with E-state index >= 15 is 0 Å². The SMILES string of the molecule is COc1cccc2c(C)cc(-n3nc(C)cc3NC(=O)Cc3ccc(F)cc3)nc12. The number of hydrogen-bond donors (Lipinski definition) is 1. The number of carbonyl (C=O) groups excluding carboxylic acids is 1. The van der Waals surface area contributed by atoms with Crippen molar-refractivity contribution in [3.63, 3.8) is 0 Å². The molecule has 2 aromatic carbocycles. The van der Waals surface area contributed by atoms with E-state index in [1.165, 1.54) is 12.1 Å². The van der Waals surface area contributed by atoms with E-state index in [1.54, 1.807) is 30.0 Å². The summed E-state index contributed by atoms with van der Waals surface area (Å²) in [6, 6.07) is 15.3. The number of nitrogens with one attached hydrogen (secondary N) is 1. The molecule has 4 aromatic rings. The molecule has 1 amide bonds. The number of halogens is 1. The van der Waals surface area contributed by atoms with Crippen LogP contribution in [0.3, 0.4) is 0 Å². The smallest absolute Gasteiger partial charge is 0.229 e. The Kier molecular flexibility index (Phi) is 5.18. The number of ether oxygens (including phenoxy) is 1. The number of nitrogens with zero attached hydrogens (tertiary/aromatic N) is 3. The number of benzene rings is 2. The molecule has 1 N–H and O–H groups in total. The number of rotatable bonds is 5. The number of pyridine rings is 1. The van der Waals surface area contributed by atoms with Gasteiger partial charge < -0.3 is 10.1 Å². The minimum absolute atomic E-state index is 0.127. The van der Waals surface area contributed by atoms with Crippen molar-refractivity contribution in [3.05, 3.63) is 77.2 Å². The molecule has 2 aromatic heterocycles. The molecule has 4 rings (SSSR count). The minimum atomic E-state index is -0.332. The van der Waals surface area contributed by atoms with Crippen LogP contribution in [0.5, 0.6) is 5.75 Å². The van der Waals surface area contributed by atoms with E-state index in [9.17, 15) is 9.18 Å². The average molecular weight is 404 g/mol. The van der Waals surface area contributed by atoms with Crippen molar-refractivity contribution in [2.24, 2.45) is 0 Å². The first-order valence-electron chi connectivity index (χ1n) is 9.50. The lowest BCUT2D eigenvalue weighted by Crippen LogP contribution is -2.17. The Bertz CT molecular complexity index is 1230. The number of carbonyl (C=O) groups is 1. The lowest BCUT2D eigenvalue weighted by Gasteiger charge is -2.12. The quantitative estimate of drug-likeness (QED) is 0.536. The maximum absolute atomic E-state index is 13.1. The topological polar surface area (TPSA) is 69.0 Å². The van der Waals surface area contributed by atoms with Crippen molar-refractivity contribution in [2.75, 3.05) is 12.4 Å². The van der Waals surface area contributed by atoms with Gasteiger partial charge in [-0.1, -0.05) is 24.3 Å². The first-order valence-corrected chi connectivity index (χ1v) is 9.50. The van der Waals surface area contributed by atoms with Gasteiger partial charge in [0.1, 0.15) is 22.9 Å². The number of aryl methyl sites for hydroxylation is 2. The lowest BCUT2D eigenvalue weighted by molar-refractivity contribution is -0.115. The summed E-state index contributed by atoms with van der Waals surface area (Å²) in [6.45, 7) is 3.84. The number of amides is 1. The van der Waals surface area contributed by atoms with E-state index in [0.717, 1.165) is 27.7 Å². The molecule has 0 spiro atoms. The van der Waals surface area contributed by atoms with E-state index in [0.29, 0.717) is 17.4 Å². The Hall–Kier alpha value is -3.74. The fourth-order valence-corrected chi connectivity index (χ4v) is 3.39. The molecule has 0 atom stereocenters. The highest BCUT2D eigenvalue weighted by molar-refractivity contribution is 5.92. The van der Waals surface area contributed by atoms with Crippen LogP contribution in [0.25, 0.3) is 16.7 Å². The van der Waals surface area contributed by atoms with E-state index in [-0.39, 0.29) is 18.1 Å². The zero-order valence-electron chi connectivity index (χ0n) is 16.9. The summed E-state index contributed by atoms with van der Waals surface area (Å²) in [5.74, 6) is 1.21. The van der Waals surface area contributed by atoms with Crippen LogP contribution < -0.4 is 10.1 Å². The third kappa shape index (κ3) is 3.87. The van der Waals surface area contributed by atoms with Crippen molar-refractivity contribution < 1.29 is 13.9 Å². The predicted octanol–water partition coefficient (Wildman–Crippen LogP) is 4.37. The van der Waals surface area contributed by atoms with Crippen LogP contribution in [-0.4, -0.2) is 27.8 Å². The maximum Gasteiger partial charge on any atom is 0.229 e. The summed E-state index contributed by atoms with van der Waals surface area (Å²) in [6.07, 6.45) is 0.127. The highest BCUT2D eigenvalue weighted by Crippen LogP contribution is 2.28. The van der Waals surface area contributed by atoms with Crippen molar-refractivity contribution >= 4 is 22.6 Å². The van der Waals surface area contributed by atoms with Gasteiger partial charge in [0, 0.05) is 11.5 Å². The van der Waals surface area contributed by atoms with E-state index in [4.69, 9.17) is 9.72 Å². The summed E-state index contributed by atoms with van der Waals surface area (Å²) in [7, 11) is 1.61. The monoisotopic (exact) mass is 404 g/mol. The highest BCUT2D eigenvalue weighted by Gasteiger charge is 2.15. The molecule has 2 heterocycles. The number of aromatic nitrogens is 3. The summed E-state index contributed by atoms with van der Waals surface area (Å²) in [5.41, 5.74) is 3.21. The van der Waals surface area contributed by atoms with Crippen LogP contribution in [-0.2, 0) is 11.2 Å². The molecule has 0 aliphatic heterocycles. The molecule has 0 saturated carbocycles. The van der Waals surface area contributed by atoms with Gasteiger partial charge in [0.2, 0.25) is 5.91 Å². The third-order valence-corrected chi connectivity index (χ3v) is 4.81. The number of fused-ring (bicyclic) bond motifs is 1. The van der Waals surface area contributed by atoms with Gasteiger partial charge in [-0.2, -0.15) is 9.78 Å². The third-order valence-electron chi connectivity index (χ3n) is 4.81. The second-order valence-electron chi connectivity index (χ2n) is 7.09. The number of hydrogen-bond acceptors (Lipinski definition) is 4. The van der Waals surface area contributed by atoms with Gasteiger partial charge in [0.25, 0.3) is 0 Å². The molecular formula is C23H21FN4O2. The van der Waals surface area contributed by atoms with Crippen LogP contribution >= 0.6 is 0 Å². The Labute approximate surface area is 173 Å². The second kappa shape index (κ2) is 7.94. The van der Waals surface area contributed by atoms with E-state index in [1.807, 2.05) is 38.1 Å². The molecule has 6 nitrogen and oxygen atoms in total. The van der Waals surface area contributed by atoms with Gasteiger partial charge in [-0.15, -0.1) is 0 Å². The molecule has 0 fully saturated rings. The second-order valence-corrected chi connectivity index (χ2v) is 7.09. The van der Waals surface area contributed by atoms with Gasteiger partial charge in [-0.3, -0.25) is 4.79 Å². The van der Waals surface area contributed by atoms with Crippen molar-refractivity contribution in [3.8, 4) is 11.6 Å². The van der Waals surface area contributed by atoms with E-state index < -0.39 is 0 Å². The van der Waals surface area contributed by atoms with E-state index in [2.05, 4.69) is 10.4 Å². The molecule has 152 valence electrons. The zero-order valence-corrected chi connectivity index (χ0v) is 16.9. The molecule has 0 aliphatic carbocycles. The van der Waals surface area contributed by atoms with Crippen LogP contribution in [0, 0.1) is 19.7 Å². The normalized spacial score (nSPS) is 10.9. The molecule has 0 aliphatic rings. The predicted molar refractivity (Wildman–Crippen MR) is 114 cm³/mol. The zero-order chi connectivity index (χ0) is 21.3. The van der Waals surface area contributed by atoms with Gasteiger partial charge in [-0.25, -0.2) is 9.37 Å². The first-order chi connectivity index (χ1) is 14.4. The van der Waals surface area contributed by atoms with Crippen LogP contribution in [0.4, 0.5) is 10.2 Å². The summed E-state index contributed by atoms with van der Waals surface area (Å²) < 4.78 is 20.2. The van der Waals surface area contributed by atoms with Crippen LogP contribution in [0.15, 0.2) is 54.6 Å². The Balaban J connectivity index is 1.68. The highest BCUT2D eigenvalue weighted by atomic mass is 19.1. The summed E-state index contributed by atoms with van der Waals surface area (Å²) in [4.78, 5) is 17.3. The Morgan fingerprint density at radius 3 is 2.63 bits per heavy atom. The fraction of sp³-hybridized carbons (Fsp3) is 0.174. The molecule has 0 saturated heterocycles. The molecule has 0 radical (unpaired) electrons. The van der Waals surface area contributed by atoms with Crippen molar-refractivity contribution in [1.82, 2.24) is 14.8 Å². The number of anilines is 1. The van der Waals surface area contributed by atoms with Crippen molar-refractivity contribution in [1.29, 1.82) is 0 Å². The fourth-order valence-electron chi connectivity index (χ4n) is 3.39. The Morgan fingerprint density at radius 2 is 1.90 bits per heavy atom. The molecular weight excluding hydrogens is 383 g/mol.